The summed E-state index contributed by atoms with van der Waals surface area (Å²) in [6.45, 7) is 3.66. The number of amides is 1. The van der Waals surface area contributed by atoms with Crippen LogP contribution in [-0.4, -0.2) is 33.3 Å². The van der Waals surface area contributed by atoms with Crippen molar-refractivity contribution in [1.29, 1.82) is 0 Å². The fourth-order valence-electron chi connectivity index (χ4n) is 3.28. The molecule has 21 heavy (non-hydrogen) atoms. The first-order chi connectivity index (χ1) is 9.86. The Bertz CT molecular complexity index is 552. The molecule has 1 aliphatic heterocycles. The maximum Gasteiger partial charge on any atom is 0.257 e. The third-order valence-corrected chi connectivity index (χ3v) is 4.74. The van der Waals surface area contributed by atoms with Gasteiger partial charge in [-0.15, -0.1) is 0 Å². The van der Waals surface area contributed by atoms with E-state index >= 15 is 0 Å². The average molecular weight is 292 g/mol. The average Bonchev–Trinajstić information content (AvgIpc) is 2.79. The molecule has 0 radical (unpaired) electrons. The van der Waals surface area contributed by atoms with E-state index in [1.165, 1.54) is 29.2 Å². The summed E-state index contributed by atoms with van der Waals surface area (Å²) in [5.74, 6) is -1.98. The summed E-state index contributed by atoms with van der Waals surface area (Å²) in [5, 5.41) is 14.0. The van der Waals surface area contributed by atoms with Crippen molar-refractivity contribution in [2.45, 2.75) is 57.0 Å². The predicted octanol–water partition coefficient (Wildman–Crippen LogP) is 2.24. The minimum absolute atomic E-state index is 0.250. The Labute approximate surface area is 124 Å². The lowest BCUT2D eigenvalue weighted by molar-refractivity contribution is 0.0314. The van der Waals surface area contributed by atoms with Crippen molar-refractivity contribution in [2.24, 2.45) is 0 Å². The Morgan fingerprint density at radius 1 is 1.29 bits per heavy atom. The lowest BCUT2D eigenvalue weighted by Crippen LogP contribution is -2.45. The van der Waals surface area contributed by atoms with Gasteiger partial charge in [0.05, 0.1) is 0 Å². The maximum atomic E-state index is 13.0. The van der Waals surface area contributed by atoms with Gasteiger partial charge < -0.3 is 5.11 Å². The molecule has 0 spiro atoms. The summed E-state index contributed by atoms with van der Waals surface area (Å²) in [4.78, 5) is 14.0. The number of rotatable bonds is 3. The van der Waals surface area contributed by atoms with Crippen LogP contribution in [0.5, 0.6) is 0 Å². The molecule has 0 aromatic heterocycles. The number of nitrogens with one attached hydrogen (secondary N) is 1. The molecule has 2 N–H and O–H groups in total. The van der Waals surface area contributed by atoms with Gasteiger partial charge in [-0.2, -0.15) is 0 Å². The normalized spacial score (nSPS) is 27.9. The molecule has 0 bridgehead atoms. The van der Waals surface area contributed by atoms with E-state index in [2.05, 4.69) is 5.32 Å². The zero-order valence-electron chi connectivity index (χ0n) is 12.4. The number of nitrogens with zero attached hydrogens (tertiary/aromatic N) is 1. The predicted molar refractivity (Wildman–Crippen MR) is 77.0 cm³/mol. The van der Waals surface area contributed by atoms with Gasteiger partial charge in [0.15, 0.2) is 0 Å². The molecule has 1 saturated carbocycles. The van der Waals surface area contributed by atoms with Crippen molar-refractivity contribution < 1.29 is 14.3 Å². The Hall–Kier alpha value is -1.46. The summed E-state index contributed by atoms with van der Waals surface area (Å²) in [5.41, 5.74) is -0.283. The highest BCUT2D eigenvalue weighted by Gasteiger charge is 2.72. The van der Waals surface area contributed by atoms with Crippen LogP contribution < -0.4 is 5.32 Å². The van der Waals surface area contributed by atoms with Crippen molar-refractivity contribution in [3.8, 4) is 0 Å². The number of benzene rings is 1. The number of carbonyl (C=O) groups is 1. The number of carbonyl (C=O) groups excluding carboxylic acids is 1. The van der Waals surface area contributed by atoms with Gasteiger partial charge in [-0.05, 0) is 51.0 Å². The molecule has 1 aromatic rings. The smallest absolute Gasteiger partial charge is 0.257 e. The molecule has 2 fully saturated rings. The second-order valence-electron chi connectivity index (χ2n) is 6.50. The van der Waals surface area contributed by atoms with Crippen LogP contribution in [0.2, 0.25) is 0 Å². The lowest BCUT2D eigenvalue weighted by atomic mass is 10.1. The molecule has 5 heteroatoms. The van der Waals surface area contributed by atoms with Crippen LogP contribution in [0.1, 0.15) is 49.9 Å². The van der Waals surface area contributed by atoms with Crippen LogP contribution in [0.15, 0.2) is 24.3 Å². The van der Waals surface area contributed by atoms with Crippen LogP contribution in [-0.2, 0) is 0 Å². The summed E-state index contributed by atoms with van der Waals surface area (Å²) >= 11 is 0. The van der Waals surface area contributed by atoms with Crippen molar-refractivity contribution in [3.05, 3.63) is 35.6 Å². The fraction of sp³-hybridized carbons (Fsp3) is 0.562. The maximum absolute atomic E-state index is 13.0. The zero-order chi connectivity index (χ0) is 15.3. The number of hydrogen-bond donors (Lipinski definition) is 2. The van der Waals surface area contributed by atoms with Crippen LogP contribution >= 0.6 is 0 Å². The highest BCUT2D eigenvalue weighted by atomic mass is 19.1. The van der Waals surface area contributed by atoms with E-state index in [0.29, 0.717) is 5.56 Å². The SMILES string of the molecule is CC1(C)N(C(=O)c2ccc(F)cc2)C1(O)NC1CCCC1. The summed E-state index contributed by atoms with van der Waals surface area (Å²) in [6.07, 6.45) is 4.36. The molecule has 1 saturated heterocycles. The summed E-state index contributed by atoms with van der Waals surface area (Å²) < 4.78 is 13.0. The van der Waals surface area contributed by atoms with Gasteiger partial charge in [0.2, 0.25) is 5.85 Å². The van der Waals surface area contributed by atoms with Crippen LogP contribution in [0.3, 0.4) is 0 Å². The molecule has 3 rings (SSSR count). The van der Waals surface area contributed by atoms with Gasteiger partial charge in [0, 0.05) is 11.6 Å². The Balaban J connectivity index is 1.78. The Kier molecular flexibility index (Phi) is 3.30. The minimum Gasteiger partial charge on any atom is -0.356 e. The number of hydrogen-bond acceptors (Lipinski definition) is 3. The van der Waals surface area contributed by atoms with Gasteiger partial charge in [0.25, 0.3) is 5.91 Å². The lowest BCUT2D eigenvalue weighted by Gasteiger charge is -2.19. The van der Waals surface area contributed by atoms with Gasteiger partial charge in [-0.1, -0.05) is 12.8 Å². The van der Waals surface area contributed by atoms with Crippen LogP contribution in [0.4, 0.5) is 4.39 Å². The largest absolute Gasteiger partial charge is 0.356 e. The first-order valence-corrected chi connectivity index (χ1v) is 7.46. The minimum atomic E-state index is -1.31. The summed E-state index contributed by atoms with van der Waals surface area (Å²) in [6, 6.07) is 5.66. The molecule has 1 heterocycles. The van der Waals surface area contributed by atoms with Crippen LogP contribution in [0.25, 0.3) is 0 Å². The third-order valence-electron chi connectivity index (χ3n) is 4.74. The second-order valence-corrected chi connectivity index (χ2v) is 6.50. The number of aliphatic hydroxyl groups is 1. The molecule has 1 amide bonds. The Morgan fingerprint density at radius 3 is 2.43 bits per heavy atom. The van der Waals surface area contributed by atoms with Gasteiger partial charge >= 0.3 is 0 Å². The van der Waals surface area contributed by atoms with E-state index < -0.39 is 11.4 Å². The van der Waals surface area contributed by atoms with E-state index in [-0.39, 0.29) is 17.8 Å². The summed E-state index contributed by atoms with van der Waals surface area (Å²) in [7, 11) is 0. The zero-order valence-corrected chi connectivity index (χ0v) is 12.4. The first-order valence-electron chi connectivity index (χ1n) is 7.46. The van der Waals surface area contributed by atoms with E-state index in [0.717, 1.165) is 25.7 Å². The first kappa shape index (κ1) is 14.5. The van der Waals surface area contributed by atoms with Crippen molar-refractivity contribution in [3.63, 3.8) is 0 Å². The molecule has 1 aromatic carbocycles. The van der Waals surface area contributed by atoms with Crippen molar-refractivity contribution in [1.82, 2.24) is 10.2 Å². The van der Waals surface area contributed by atoms with E-state index in [4.69, 9.17) is 0 Å². The topological polar surface area (TPSA) is 52.3 Å². The third kappa shape index (κ3) is 2.24. The van der Waals surface area contributed by atoms with Crippen molar-refractivity contribution in [2.75, 3.05) is 0 Å². The van der Waals surface area contributed by atoms with E-state index in [1.807, 2.05) is 13.8 Å². The number of halogens is 1. The van der Waals surface area contributed by atoms with Gasteiger partial charge in [-0.3, -0.25) is 15.0 Å². The second kappa shape index (κ2) is 4.78. The molecule has 2 aliphatic rings. The molecular weight excluding hydrogens is 271 g/mol. The highest BCUT2D eigenvalue weighted by Crippen LogP contribution is 2.49. The highest BCUT2D eigenvalue weighted by molar-refractivity contribution is 5.97. The Morgan fingerprint density at radius 2 is 1.86 bits per heavy atom. The molecule has 114 valence electrons. The molecule has 1 atom stereocenters. The van der Waals surface area contributed by atoms with Gasteiger partial charge in [0.1, 0.15) is 11.4 Å². The monoisotopic (exact) mass is 292 g/mol. The van der Waals surface area contributed by atoms with Gasteiger partial charge in [-0.25, -0.2) is 4.39 Å². The van der Waals surface area contributed by atoms with E-state index in [9.17, 15) is 14.3 Å². The molecule has 1 unspecified atom stereocenters. The van der Waals surface area contributed by atoms with Crippen LogP contribution in [0, 0.1) is 5.82 Å². The molecule has 1 aliphatic carbocycles. The quantitative estimate of drug-likeness (QED) is 0.663. The van der Waals surface area contributed by atoms with E-state index in [1.54, 1.807) is 0 Å². The molecule has 4 nitrogen and oxygen atoms in total. The standard InChI is InChI=1S/C16H21FN2O2/c1-15(2)16(21,18-13-5-3-4-6-13)19(15)14(20)11-7-9-12(17)10-8-11/h7-10,13,18,21H,3-6H2,1-2H3. The van der Waals surface area contributed by atoms with Crippen molar-refractivity contribution >= 4 is 5.91 Å². The molecular formula is C16H21FN2O2. The fourth-order valence-corrected chi connectivity index (χ4v) is 3.28.